The van der Waals surface area contributed by atoms with E-state index in [1.807, 2.05) is 0 Å². The highest BCUT2D eigenvalue weighted by atomic mass is 32.2. The number of nitro groups is 1. The molecular formula is C20H23N3O7S. The van der Waals surface area contributed by atoms with Gasteiger partial charge in [-0.2, -0.15) is 4.31 Å². The Morgan fingerprint density at radius 2 is 1.71 bits per heavy atom. The van der Waals surface area contributed by atoms with E-state index >= 15 is 0 Å². The molecule has 2 rings (SSSR count). The molecule has 166 valence electrons. The fraction of sp³-hybridized carbons (Fsp3) is 0.300. The van der Waals surface area contributed by atoms with Gasteiger partial charge >= 0.3 is 5.97 Å². The smallest absolute Gasteiger partial charge is 0.338 e. The number of non-ortho nitro benzene ring substituents is 1. The van der Waals surface area contributed by atoms with Crippen LogP contribution in [0.25, 0.3) is 0 Å². The number of hydrogen-bond acceptors (Lipinski definition) is 7. The summed E-state index contributed by atoms with van der Waals surface area (Å²) in [6.45, 7) is 5.02. The molecule has 0 heterocycles. The maximum absolute atomic E-state index is 12.7. The highest BCUT2D eigenvalue weighted by Gasteiger charge is 2.24. The number of nitrogens with zero attached hydrogens (tertiary/aromatic N) is 2. The lowest BCUT2D eigenvalue weighted by Crippen LogP contribution is -2.30. The molecule has 10 nitrogen and oxygen atoms in total. The highest BCUT2D eigenvalue weighted by Crippen LogP contribution is 2.20. The summed E-state index contributed by atoms with van der Waals surface area (Å²) in [6.07, 6.45) is 0. The zero-order chi connectivity index (χ0) is 23.2. The van der Waals surface area contributed by atoms with E-state index in [1.165, 1.54) is 46.8 Å². The fourth-order valence-corrected chi connectivity index (χ4v) is 4.25. The van der Waals surface area contributed by atoms with Crippen molar-refractivity contribution in [2.45, 2.75) is 25.7 Å². The number of carbonyl (C=O) groups is 2. The Balaban J connectivity index is 2.08. The number of sulfonamides is 1. The molecule has 0 spiro atoms. The van der Waals surface area contributed by atoms with Gasteiger partial charge in [-0.3, -0.25) is 14.9 Å². The summed E-state index contributed by atoms with van der Waals surface area (Å²) in [6, 6.07) is 9.32. The topological polar surface area (TPSA) is 136 Å². The number of nitrogens with one attached hydrogen (secondary N) is 1. The van der Waals surface area contributed by atoms with Crippen molar-refractivity contribution < 1.29 is 27.7 Å². The first-order valence-electron chi connectivity index (χ1n) is 9.42. The van der Waals surface area contributed by atoms with Crippen molar-refractivity contribution in [2.24, 2.45) is 0 Å². The quantitative estimate of drug-likeness (QED) is 0.353. The van der Waals surface area contributed by atoms with Gasteiger partial charge in [0.05, 0.1) is 15.4 Å². The lowest BCUT2D eigenvalue weighted by molar-refractivity contribution is -0.384. The Hall–Kier alpha value is -3.31. The number of carbonyl (C=O) groups excluding carboxylic acids is 2. The van der Waals surface area contributed by atoms with E-state index < -0.39 is 33.4 Å². The zero-order valence-electron chi connectivity index (χ0n) is 17.3. The van der Waals surface area contributed by atoms with Gasteiger partial charge in [0.2, 0.25) is 10.0 Å². The van der Waals surface area contributed by atoms with Gasteiger partial charge < -0.3 is 10.1 Å². The molecule has 0 aliphatic heterocycles. The molecule has 1 N–H and O–H groups in total. The van der Waals surface area contributed by atoms with E-state index in [4.69, 9.17) is 4.74 Å². The molecular weight excluding hydrogens is 426 g/mol. The first-order valence-corrected chi connectivity index (χ1v) is 10.9. The number of benzene rings is 2. The summed E-state index contributed by atoms with van der Waals surface area (Å²) in [7, 11) is -3.76. The van der Waals surface area contributed by atoms with Crippen LogP contribution in [0.2, 0.25) is 0 Å². The maximum Gasteiger partial charge on any atom is 0.338 e. The minimum absolute atomic E-state index is 0.0379. The molecule has 0 saturated carbocycles. The Labute approximate surface area is 180 Å². The van der Waals surface area contributed by atoms with Crippen LogP contribution in [0, 0.1) is 17.0 Å². The third kappa shape index (κ3) is 5.86. The number of anilines is 1. The number of amides is 1. The minimum atomic E-state index is -3.76. The normalized spacial score (nSPS) is 11.2. The van der Waals surface area contributed by atoms with Crippen LogP contribution in [0.3, 0.4) is 0 Å². The van der Waals surface area contributed by atoms with Crippen molar-refractivity contribution >= 4 is 33.3 Å². The standard InChI is InChI=1S/C20H23N3O7S/c1-4-22(5-2)31(28,29)17-11-6-14(3)18(12-17)20(25)30-13-19(24)21-15-7-9-16(10-8-15)23(26)27/h6-12H,4-5,13H2,1-3H3,(H,21,24). The van der Waals surface area contributed by atoms with Crippen LogP contribution in [0.5, 0.6) is 0 Å². The van der Waals surface area contributed by atoms with E-state index in [-0.39, 0.29) is 29.2 Å². The molecule has 0 aromatic heterocycles. The molecule has 0 aliphatic rings. The average molecular weight is 449 g/mol. The number of ether oxygens (including phenoxy) is 1. The van der Waals surface area contributed by atoms with Crippen LogP contribution < -0.4 is 5.32 Å². The number of esters is 1. The molecule has 11 heteroatoms. The van der Waals surface area contributed by atoms with E-state index in [0.717, 1.165) is 0 Å². The monoisotopic (exact) mass is 449 g/mol. The van der Waals surface area contributed by atoms with E-state index in [0.29, 0.717) is 11.3 Å². The van der Waals surface area contributed by atoms with Crippen LogP contribution in [0.1, 0.15) is 29.8 Å². The highest BCUT2D eigenvalue weighted by molar-refractivity contribution is 7.89. The van der Waals surface area contributed by atoms with Gasteiger partial charge in [0.25, 0.3) is 11.6 Å². The second kappa shape index (κ2) is 10.1. The van der Waals surface area contributed by atoms with Gasteiger partial charge in [-0.1, -0.05) is 19.9 Å². The lowest BCUT2D eigenvalue weighted by Gasteiger charge is -2.19. The van der Waals surface area contributed by atoms with Crippen molar-refractivity contribution in [1.29, 1.82) is 0 Å². The maximum atomic E-state index is 12.7. The predicted molar refractivity (Wildman–Crippen MR) is 113 cm³/mol. The predicted octanol–water partition coefficient (Wildman–Crippen LogP) is 2.73. The Kier molecular flexibility index (Phi) is 7.83. The van der Waals surface area contributed by atoms with Crippen molar-refractivity contribution in [3.05, 3.63) is 63.7 Å². The van der Waals surface area contributed by atoms with Crippen LogP contribution in [0.4, 0.5) is 11.4 Å². The van der Waals surface area contributed by atoms with Gasteiger partial charge in [-0.25, -0.2) is 13.2 Å². The molecule has 0 radical (unpaired) electrons. The molecule has 0 aliphatic carbocycles. The van der Waals surface area contributed by atoms with Gasteiger partial charge in [-0.05, 0) is 36.8 Å². The summed E-state index contributed by atoms with van der Waals surface area (Å²) >= 11 is 0. The molecule has 31 heavy (non-hydrogen) atoms. The summed E-state index contributed by atoms with van der Waals surface area (Å²) in [5.74, 6) is -1.49. The summed E-state index contributed by atoms with van der Waals surface area (Å²) < 4.78 is 31.7. The Bertz CT molecular complexity index is 1080. The third-order valence-electron chi connectivity index (χ3n) is 4.47. The number of aryl methyl sites for hydroxylation is 1. The molecule has 0 bridgehead atoms. The first-order chi connectivity index (χ1) is 14.6. The molecule has 1 amide bonds. The second-order valence-electron chi connectivity index (χ2n) is 6.49. The Morgan fingerprint density at radius 1 is 1.10 bits per heavy atom. The van der Waals surface area contributed by atoms with E-state index in [2.05, 4.69) is 5.32 Å². The third-order valence-corrected chi connectivity index (χ3v) is 6.51. The summed E-state index contributed by atoms with van der Waals surface area (Å²) in [4.78, 5) is 34.5. The average Bonchev–Trinajstić information content (AvgIpc) is 2.73. The second-order valence-corrected chi connectivity index (χ2v) is 8.43. The van der Waals surface area contributed by atoms with Crippen LogP contribution >= 0.6 is 0 Å². The summed E-state index contributed by atoms with van der Waals surface area (Å²) in [5, 5.41) is 13.1. The van der Waals surface area contributed by atoms with Crippen LogP contribution in [-0.2, 0) is 19.6 Å². The van der Waals surface area contributed by atoms with Crippen molar-refractivity contribution in [1.82, 2.24) is 4.31 Å². The van der Waals surface area contributed by atoms with Gasteiger partial charge in [0.1, 0.15) is 0 Å². The number of hydrogen-bond donors (Lipinski definition) is 1. The summed E-state index contributed by atoms with van der Waals surface area (Å²) in [5.41, 5.74) is 0.713. The van der Waals surface area contributed by atoms with E-state index in [9.17, 15) is 28.1 Å². The van der Waals surface area contributed by atoms with Crippen molar-refractivity contribution in [3.63, 3.8) is 0 Å². The van der Waals surface area contributed by atoms with Crippen molar-refractivity contribution in [2.75, 3.05) is 25.0 Å². The van der Waals surface area contributed by atoms with Gasteiger partial charge in [0, 0.05) is 30.9 Å². The molecule has 0 saturated heterocycles. The number of nitro benzene ring substituents is 1. The van der Waals surface area contributed by atoms with Crippen molar-refractivity contribution in [3.8, 4) is 0 Å². The zero-order valence-corrected chi connectivity index (χ0v) is 18.1. The number of rotatable bonds is 9. The first kappa shape index (κ1) is 24.0. The van der Waals surface area contributed by atoms with Gasteiger partial charge in [0.15, 0.2) is 6.61 Å². The largest absolute Gasteiger partial charge is 0.452 e. The van der Waals surface area contributed by atoms with Crippen LogP contribution in [0.15, 0.2) is 47.4 Å². The SMILES string of the molecule is CCN(CC)S(=O)(=O)c1ccc(C)c(C(=O)OCC(=O)Nc2ccc([N+](=O)[O-])cc2)c1. The van der Waals surface area contributed by atoms with Gasteiger partial charge in [-0.15, -0.1) is 0 Å². The molecule has 0 fully saturated rings. The van der Waals surface area contributed by atoms with Crippen LogP contribution in [-0.4, -0.2) is 49.2 Å². The molecule has 2 aromatic carbocycles. The Morgan fingerprint density at radius 3 is 2.26 bits per heavy atom. The fourth-order valence-electron chi connectivity index (χ4n) is 2.77. The molecule has 2 aromatic rings. The minimum Gasteiger partial charge on any atom is -0.452 e. The molecule has 0 atom stereocenters. The van der Waals surface area contributed by atoms with E-state index in [1.54, 1.807) is 20.8 Å². The molecule has 0 unspecified atom stereocenters. The lowest BCUT2D eigenvalue weighted by atomic mass is 10.1.